The van der Waals surface area contributed by atoms with Crippen LogP contribution in [0.4, 0.5) is 5.69 Å². The highest BCUT2D eigenvalue weighted by atomic mass is 16.5. The van der Waals surface area contributed by atoms with Crippen LogP contribution in [0.15, 0.2) is 24.3 Å². The molecule has 0 aliphatic carbocycles. The van der Waals surface area contributed by atoms with Gasteiger partial charge in [0.05, 0.1) is 5.69 Å². The van der Waals surface area contributed by atoms with E-state index in [1.165, 1.54) is 0 Å². The molecule has 0 saturated carbocycles. The Balaban J connectivity index is 1.62. The van der Waals surface area contributed by atoms with Gasteiger partial charge in [0.15, 0.2) is 6.10 Å². The summed E-state index contributed by atoms with van der Waals surface area (Å²) in [6, 6.07) is 6.79. The van der Waals surface area contributed by atoms with Crippen molar-refractivity contribution in [3.8, 4) is 5.75 Å². The van der Waals surface area contributed by atoms with Gasteiger partial charge >= 0.3 is 0 Å². The third kappa shape index (κ3) is 3.34. The number of anilines is 1. The molecule has 3 rings (SSSR count). The lowest BCUT2D eigenvalue weighted by atomic mass is 10.1. The number of ether oxygens (including phenoxy) is 1. The lowest BCUT2D eigenvalue weighted by Gasteiger charge is -2.33. The number of para-hydroxylation sites is 2. The molecule has 2 aliphatic rings. The smallest absolute Gasteiger partial charge is 0.267 e. The zero-order valence-electron chi connectivity index (χ0n) is 13.6. The van der Waals surface area contributed by atoms with Gasteiger partial charge in [-0.1, -0.05) is 12.1 Å². The summed E-state index contributed by atoms with van der Waals surface area (Å²) >= 11 is 0. The van der Waals surface area contributed by atoms with Gasteiger partial charge in [0.2, 0.25) is 11.8 Å². The minimum Gasteiger partial charge on any atom is -0.479 e. The van der Waals surface area contributed by atoms with Crippen molar-refractivity contribution >= 4 is 23.4 Å². The quantitative estimate of drug-likeness (QED) is 0.845. The van der Waals surface area contributed by atoms with Crippen molar-refractivity contribution in [2.24, 2.45) is 0 Å². The van der Waals surface area contributed by atoms with E-state index < -0.39 is 12.1 Å². The van der Waals surface area contributed by atoms with Crippen LogP contribution < -0.4 is 20.3 Å². The fourth-order valence-corrected chi connectivity index (χ4v) is 2.98. The molecule has 3 amide bonds. The van der Waals surface area contributed by atoms with Crippen LogP contribution in [0, 0.1) is 0 Å². The molecule has 24 heavy (non-hydrogen) atoms. The Bertz CT molecular complexity index is 661. The molecule has 2 aliphatic heterocycles. The van der Waals surface area contributed by atoms with Crippen molar-refractivity contribution in [2.45, 2.75) is 38.3 Å². The van der Waals surface area contributed by atoms with E-state index >= 15 is 0 Å². The second-order valence-electron chi connectivity index (χ2n) is 6.02. The third-order valence-electron chi connectivity index (χ3n) is 4.26. The van der Waals surface area contributed by atoms with E-state index in [4.69, 9.17) is 4.74 Å². The highest BCUT2D eigenvalue weighted by Gasteiger charge is 2.31. The Labute approximate surface area is 140 Å². The molecule has 0 aromatic heterocycles. The Kier molecular flexibility index (Phi) is 4.69. The van der Waals surface area contributed by atoms with Crippen LogP contribution in [0.25, 0.3) is 0 Å². The standard InChI is InChI=1S/C17H21N3O4/c1-11-17(23)20(13-6-2-3-7-14(13)24-11)10-8-15(21)19-12-5-4-9-18-16(12)22/h2-3,6-7,11-12H,4-5,8-10H2,1H3,(H,18,22)(H,19,21)/t11-,12+/m0/s1. The number of nitrogens with one attached hydrogen (secondary N) is 2. The van der Waals surface area contributed by atoms with Gasteiger partial charge in [-0.2, -0.15) is 0 Å². The molecule has 0 radical (unpaired) electrons. The van der Waals surface area contributed by atoms with Gasteiger partial charge in [-0.3, -0.25) is 14.4 Å². The third-order valence-corrected chi connectivity index (χ3v) is 4.26. The predicted octanol–water partition coefficient (Wildman–Crippen LogP) is 0.585. The molecule has 1 saturated heterocycles. The Morgan fingerprint density at radius 2 is 2.17 bits per heavy atom. The monoisotopic (exact) mass is 331 g/mol. The largest absolute Gasteiger partial charge is 0.479 e. The number of hydrogen-bond acceptors (Lipinski definition) is 4. The van der Waals surface area contributed by atoms with Crippen LogP contribution in [-0.2, 0) is 14.4 Å². The highest BCUT2D eigenvalue weighted by Crippen LogP contribution is 2.33. The molecule has 7 nitrogen and oxygen atoms in total. The first-order valence-electron chi connectivity index (χ1n) is 8.20. The average Bonchev–Trinajstić information content (AvgIpc) is 2.57. The maximum absolute atomic E-state index is 12.3. The van der Waals surface area contributed by atoms with E-state index in [9.17, 15) is 14.4 Å². The Morgan fingerprint density at radius 1 is 1.38 bits per heavy atom. The van der Waals surface area contributed by atoms with Crippen LogP contribution in [0.5, 0.6) is 5.75 Å². The SMILES string of the molecule is C[C@@H]1Oc2ccccc2N(CCC(=O)N[C@@H]2CCCNC2=O)C1=O. The fraction of sp³-hybridized carbons (Fsp3) is 0.471. The lowest BCUT2D eigenvalue weighted by Crippen LogP contribution is -2.51. The molecule has 0 unspecified atom stereocenters. The Hall–Kier alpha value is -2.57. The second-order valence-corrected chi connectivity index (χ2v) is 6.02. The molecule has 2 N–H and O–H groups in total. The van der Waals surface area contributed by atoms with Crippen molar-refractivity contribution in [2.75, 3.05) is 18.0 Å². The summed E-state index contributed by atoms with van der Waals surface area (Å²) < 4.78 is 5.57. The second kappa shape index (κ2) is 6.90. The van der Waals surface area contributed by atoms with Crippen molar-refractivity contribution < 1.29 is 19.1 Å². The summed E-state index contributed by atoms with van der Waals surface area (Å²) in [5.74, 6) is 0.0890. The number of benzene rings is 1. The first-order valence-corrected chi connectivity index (χ1v) is 8.20. The van der Waals surface area contributed by atoms with Gasteiger partial charge in [0, 0.05) is 19.5 Å². The van der Waals surface area contributed by atoms with Crippen molar-refractivity contribution in [3.63, 3.8) is 0 Å². The van der Waals surface area contributed by atoms with Gasteiger partial charge in [-0.05, 0) is 31.9 Å². The number of nitrogens with zero attached hydrogens (tertiary/aromatic N) is 1. The van der Waals surface area contributed by atoms with E-state index in [0.717, 1.165) is 6.42 Å². The molecule has 0 bridgehead atoms. The molecular weight excluding hydrogens is 310 g/mol. The highest BCUT2D eigenvalue weighted by molar-refractivity contribution is 6.00. The zero-order chi connectivity index (χ0) is 17.1. The number of hydrogen-bond donors (Lipinski definition) is 2. The van der Waals surface area contributed by atoms with Crippen molar-refractivity contribution in [1.29, 1.82) is 0 Å². The molecule has 1 fully saturated rings. The summed E-state index contributed by atoms with van der Waals surface area (Å²) in [5, 5.41) is 5.47. The summed E-state index contributed by atoms with van der Waals surface area (Å²) in [6.45, 7) is 2.60. The fourth-order valence-electron chi connectivity index (χ4n) is 2.98. The number of rotatable bonds is 4. The van der Waals surface area contributed by atoms with Crippen LogP contribution in [0.1, 0.15) is 26.2 Å². The predicted molar refractivity (Wildman–Crippen MR) is 87.7 cm³/mol. The van der Waals surface area contributed by atoms with Crippen LogP contribution >= 0.6 is 0 Å². The van der Waals surface area contributed by atoms with E-state index in [0.29, 0.717) is 24.4 Å². The number of piperidine rings is 1. The van der Waals surface area contributed by atoms with Crippen LogP contribution in [0.3, 0.4) is 0 Å². The normalized spacial score (nSPS) is 23.1. The molecule has 1 aromatic carbocycles. The summed E-state index contributed by atoms with van der Waals surface area (Å²) in [7, 11) is 0. The van der Waals surface area contributed by atoms with E-state index in [2.05, 4.69) is 10.6 Å². The minimum atomic E-state index is -0.577. The average molecular weight is 331 g/mol. The van der Waals surface area contributed by atoms with E-state index in [1.807, 2.05) is 12.1 Å². The Morgan fingerprint density at radius 3 is 2.96 bits per heavy atom. The maximum atomic E-state index is 12.3. The number of fused-ring (bicyclic) bond motifs is 1. The topological polar surface area (TPSA) is 87.7 Å². The summed E-state index contributed by atoms with van der Waals surface area (Å²) in [5.41, 5.74) is 0.670. The van der Waals surface area contributed by atoms with Gasteiger partial charge in [-0.25, -0.2) is 0 Å². The first kappa shape index (κ1) is 16.3. The molecule has 2 atom stereocenters. The van der Waals surface area contributed by atoms with Crippen LogP contribution in [-0.4, -0.2) is 43.0 Å². The lowest BCUT2D eigenvalue weighted by molar-refractivity contribution is -0.130. The molecule has 128 valence electrons. The number of amides is 3. The van der Waals surface area contributed by atoms with Crippen molar-refractivity contribution in [3.05, 3.63) is 24.3 Å². The van der Waals surface area contributed by atoms with Crippen LogP contribution in [0.2, 0.25) is 0 Å². The van der Waals surface area contributed by atoms with Gasteiger partial charge in [-0.15, -0.1) is 0 Å². The number of carbonyl (C=O) groups is 3. The summed E-state index contributed by atoms with van der Waals surface area (Å²) in [4.78, 5) is 37.7. The molecule has 0 spiro atoms. The number of carbonyl (C=O) groups excluding carboxylic acids is 3. The summed E-state index contributed by atoms with van der Waals surface area (Å²) in [6.07, 6.45) is 1.06. The molecule has 2 heterocycles. The maximum Gasteiger partial charge on any atom is 0.267 e. The van der Waals surface area contributed by atoms with E-state index in [1.54, 1.807) is 24.0 Å². The first-order chi connectivity index (χ1) is 11.6. The van der Waals surface area contributed by atoms with Gasteiger partial charge < -0.3 is 20.3 Å². The zero-order valence-corrected chi connectivity index (χ0v) is 13.6. The minimum absolute atomic E-state index is 0.135. The molecule has 7 heteroatoms. The molecular formula is C17H21N3O4. The van der Waals surface area contributed by atoms with E-state index in [-0.39, 0.29) is 30.7 Å². The van der Waals surface area contributed by atoms with Gasteiger partial charge in [0.1, 0.15) is 11.8 Å². The van der Waals surface area contributed by atoms with Gasteiger partial charge in [0.25, 0.3) is 5.91 Å². The van der Waals surface area contributed by atoms with Crippen molar-refractivity contribution in [1.82, 2.24) is 10.6 Å². The molecule has 1 aromatic rings.